The second-order valence-corrected chi connectivity index (χ2v) is 7.04. The van der Waals surface area contributed by atoms with Crippen molar-refractivity contribution in [3.05, 3.63) is 93.5 Å². The van der Waals surface area contributed by atoms with Gasteiger partial charge in [-0.15, -0.1) is 0 Å². The number of hydrazone groups is 1. The highest BCUT2D eigenvalue weighted by molar-refractivity contribution is 6.31. The summed E-state index contributed by atoms with van der Waals surface area (Å²) in [6, 6.07) is 19.7. The van der Waals surface area contributed by atoms with E-state index in [4.69, 9.17) is 21.1 Å². The molecule has 6 nitrogen and oxygen atoms in total. The van der Waals surface area contributed by atoms with Crippen LogP contribution in [0.5, 0.6) is 11.5 Å². The van der Waals surface area contributed by atoms with Crippen LogP contribution < -0.4 is 14.9 Å². The van der Waals surface area contributed by atoms with Crippen molar-refractivity contribution in [1.29, 1.82) is 5.26 Å². The van der Waals surface area contributed by atoms with Crippen molar-refractivity contribution < 1.29 is 14.3 Å². The number of rotatable bonds is 7. The summed E-state index contributed by atoms with van der Waals surface area (Å²) in [6.07, 6.45) is 1.50. The highest BCUT2D eigenvalue weighted by Gasteiger charge is 2.09. The smallest absolute Gasteiger partial charge is 0.271 e. The van der Waals surface area contributed by atoms with E-state index < -0.39 is 0 Å². The van der Waals surface area contributed by atoms with E-state index in [2.05, 4.69) is 16.6 Å². The second-order valence-electron chi connectivity index (χ2n) is 6.63. The number of nitrogens with one attached hydrogen (secondary N) is 1. The largest absolute Gasteiger partial charge is 0.493 e. The number of nitriles is 1. The molecule has 0 aromatic heterocycles. The predicted octanol–water partition coefficient (Wildman–Crippen LogP) is 4.87. The van der Waals surface area contributed by atoms with Crippen molar-refractivity contribution in [2.24, 2.45) is 5.10 Å². The molecule has 0 aliphatic carbocycles. The summed E-state index contributed by atoms with van der Waals surface area (Å²) in [4.78, 5) is 12.2. The number of carbonyl (C=O) groups is 1. The summed E-state index contributed by atoms with van der Waals surface area (Å²) in [6.45, 7) is 2.11. The van der Waals surface area contributed by atoms with E-state index in [1.165, 1.54) is 13.3 Å². The van der Waals surface area contributed by atoms with Crippen LogP contribution >= 0.6 is 11.6 Å². The number of carbonyl (C=O) groups excluding carboxylic acids is 1. The number of hydrogen-bond donors (Lipinski definition) is 1. The maximum atomic E-state index is 12.2. The minimum absolute atomic E-state index is 0.239. The summed E-state index contributed by atoms with van der Waals surface area (Å²) in [7, 11) is 1.54. The minimum Gasteiger partial charge on any atom is -0.493 e. The Hall–Kier alpha value is -3.82. The predicted molar refractivity (Wildman–Crippen MR) is 120 cm³/mol. The van der Waals surface area contributed by atoms with Gasteiger partial charge in [-0.05, 0) is 54.4 Å². The third-order valence-electron chi connectivity index (χ3n) is 4.52. The Bertz CT molecular complexity index is 1170. The van der Waals surface area contributed by atoms with E-state index in [0.717, 1.165) is 11.1 Å². The lowest BCUT2D eigenvalue weighted by Crippen LogP contribution is -2.17. The van der Waals surface area contributed by atoms with Crippen LogP contribution in [0, 0.1) is 18.3 Å². The molecule has 1 amide bonds. The maximum Gasteiger partial charge on any atom is 0.271 e. The first-order valence-corrected chi connectivity index (χ1v) is 9.78. The maximum absolute atomic E-state index is 12.2. The van der Waals surface area contributed by atoms with Crippen LogP contribution in [0.15, 0.2) is 65.8 Å². The molecule has 3 aromatic carbocycles. The number of methoxy groups -OCH3 is 1. The second kappa shape index (κ2) is 10.3. The Kier molecular flexibility index (Phi) is 7.26. The topological polar surface area (TPSA) is 83.7 Å². The quantitative estimate of drug-likeness (QED) is 0.425. The summed E-state index contributed by atoms with van der Waals surface area (Å²) in [5.41, 5.74) is 5.86. The van der Waals surface area contributed by atoms with Crippen LogP contribution in [-0.4, -0.2) is 19.2 Å². The van der Waals surface area contributed by atoms with E-state index >= 15 is 0 Å². The summed E-state index contributed by atoms with van der Waals surface area (Å²) in [5.74, 6) is 0.682. The molecule has 0 saturated heterocycles. The van der Waals surface area contributed by atoms with Crippen molar-refractivity contribution in [2.45, 2.75) is 13.5 Å². The van der Waals surface area contributed by atoms with E-state index in [1.807, 2.05) is 25.1 Å². The van der Waals surface area contributed by atoms with Crippen molar-refractivity contribution in [3.63, 3.8) is 0 Å². The number of aryl methyl sites for hydroxylation is 1. The average molecular weight is 434 g/mol. The van der Waals surface area contributed by atoms with Crippen molar-refractivity contribution in [2.75, 3.05) is 7.11 Å². The van der Waals surface area contributed by atoms with Gasteiger partial charge in [-0.3, -0.25) is 4.79 Å². The Labute approximate surface area is 185 Å². The molecule has 3 aromatic rings. The van der Waals surface area contributed by atoms with Gasteiger partial charge in [-0.1, -0.05) is 35.9 Å². The number of amides is 1. The van der Waals surface area contributed by atoms with Gasteiger partial charge in [-0.2, -0.15) is 10.4 Å². The van der Waals surface area contributed by atoms with Crippen LogP contribution in [0.4, 0.5) is 0 Å². The molecule has 3 rings (SSSR count). The van der Waals surface area contributed by atoms with Crippen molar-refractivity contribution in [3.8, 4) is 17.6 Å². The molecule has 31 heavy (non-hydrogen) atoms. The molecule has 0 spiro atoms. The summed E-state index contributed by atoms with van der Waals surface area (Å²) >= 11 is 6.06. The first kappa shape index (κ1) is 21.9. The van der Waals surface area contributed by atoms with E-state index in [1.54, 1.807) is 42.5 Å². The molecule has 1 N–H and O–H groups in total. The zero-order valence-electron chi connectivity index (χ0n) is 17.1. The molecule has 0 heterocycles. The van der Waals surface area contributed by atoms with Gasteiger partial charge in [0, 0.05) is 16.1 Å². The number of benzene rings is 3. The summed E-state index contributed by atoms with van der Waals surface area (Å²) < 4.78 is 11.2. The fourth-order valence-electron chi connectivity index (χ4n) is 2.76. The molecule has 7 heteroatoms. The number of halogens is 1. The molecular weight excluding hydrogens is 414 g/mol. The lowest BCUT2D eigenvalue weighted by Gasteiger charge is -2.12. The van der Waals surface area contributed by atoms with Crippen LogP contribution in [0.1, 0.15) is 32.6 Å². The number of hydrogen-bond acceptors (Lipinski definition) is 5. The highest BCUT2D eigenvalue weighted by atomic mass is 35.5. The van der Waals surface area contributed by atoms with Gasteiger partial charge >= 0.3 is 0 Å². The normalized spacial score (nSPS) is 10.5. The SMILES string of the molecule is COc1cc(/C=N\NC(=O)c2ccc(C)c(Cl)c2)ccc1OCc1ccccc1C#N. The van der Waals surface area contributed by atoms with Gasteiger partial charge in [0.2, 0.25) is 0 Å². The Morgan fingerprint density at radius 3 is 2.71 bits per heavy atom. The Morgan fingerprint density at radius 2 is 1.97 bits per heavy atom. The first-order valence-electron chi connectivity index (χ1n) is 9.40. The Morgan fingerprint density at radius 1 is 1.16 bits per heavy atom. The zero-order chi connectivity index (χ0) is 22.2. The molecule has 0 fully saturated rings. The van der Waals surface area contributed by atoms with Gasteiger partial charge in [0.1, 0.15) is 6.61 Å². The van der Waals surface area contributed by atoms with Crippen LogP contribution in [-0.2, 0) is 6.61 Å². The third-order valence-corrected chi connectivity index (χ3v) is 4.93. The molecule has 0 aliphatic rings. The monoisotopic (exact) mass is 433 g/mol. The van der Waals surface area contributed by atoms with Gasteiger partial charge < -0.3 is 9.47 Å². The molecule has 0 aliphatic heterocycles. The fraction of sp³-hybridized carbons (Fsp3) is 0.125. The molecule has 0 radical (unpaired) electrons. The molecule has 0 saturated carbocycles. The molecular formula is C24H20ClN3O3. The lowest BCUT2D eigenvalue weighted by atomic mass is 10.1. The van der Waals surface area contributed by atoms with Crippen LogP contribution in [0.25, 0.3) is 0 Å². The number of ether oxygens (including phenoxy) is 2. The first-order chi connectivity index (χ1) is 15.0. The van der Waals surface area contributed by atoms with Crippen LogP contribution in [0.3, 0.4) is 0 Å². The summed E-state index contributed by atoms with van der Waals surface area (Å²) in [5, 5.41) is 13.7. The fourth-order valence-corrected chi connectivity index (χ4v) is 2.94. The van der Waals surface area contributed by atoms with Crippen LogP contribution in [0.2, 0.25) is 5.02 Å². The highest BCUT2D eigenvalue weighted by Crippen LogP contribution is 2.28. The van der Waals surface area contributed by atoms with Gasteiger partial charge in [0.15, 0.2) is 11.5 Å². The van der Waals surface area contributed by atoms with Crippen molar-refractivity contribution in [1.82, 2.24) is 5.43 Å². The zero-order valence-corrected chi connectivity index (χ0v) is 17.8. The van der Waals surface area contributed by atoms with E-state index in [0.29, 0.717) is 33.2 Å². The minimum atomic E-state index is -0.360. The van der Waals surface area contributed by atoms with Gasteiger partial charge in [0.05, 0.1) is 25.0 Å². The molecule has 0 bridgehead atoms. The third kappa shape index (κ3) is 5.62. The Balaban J connectivity index is 1.65. The van der Waals surface area contributed by atoms with Gasteiger partial charge in [-0.25, -0.2) is 5.43 Å². The van der Waals surface area contributed by atoms with E-state index in [-0.39, 0.29) is 12.5 Å². The van der Waals surface area contributed by atoms with Gasteiger partial charge in [0.25, 0.3) is 5.91 Å². The molecule has 0 unspecified atom stereocenters. The molecule has 0 atom stereocenters. The van der Waals surface area contributed by atoms with Crippen molar-refractivity contribution >= 4 is 23.7 Å². The molecule has 156 valence electrons. The average Bonchev–Trinajstić information content (AvgIpc) is 2.79. The van der Waals surface area contributed by atoms with E-state index in [9.17, 15) is 10.1 Å². The number of nitrogens with zero attached hydrogens (tertiary/aromatic N) is 2. The standard InChI is InChI=1S/C24H20ClN3O3/c1-16-7-9-18(12-21(16)25)24(29)28-27-14-17-8-10-22(23(11-17)30-2)31-15-20-6-4-3-5-19(20)13-26/h3-12,14H,15H2,1-2H3,(H,28,29)/b27-14-. The lowest BCUT2D eigenvalue weighted by molar-refractivity contribution is 0.0955.